The fourth-order valence-electron chi connectivity index (χ4n) is 2.40. The highest BCUT2D eigenvalue weighted by molar-refractivity contribution is 5.94. The first kappa shape index (κ1) is 18.7. The quantitative estimate of drug-likeness (QED) is 0.774. The van der Waals surface area contributed by atoms with Crippen LogP contribution in [0.5, 0.6) is 5.75 Å². The zero-order valence-corrected chi connectivity index (χ0v) is 13.6. The number of amides is 2. The molecule has 1 unspecified atom stereocenters. The van der Waals surface area contributed by atoms with Crippen LogP contribution in [0.2, 0.25) is 0 Å². The van der Waals surface area contributed by atoms with Gasteiger partial charge < -0.3 is 20.1 Å². The Bertz CT molecular complexity index is 620. The first-order valence-electron chi connectivity index (χ1n) is 7.84. The lowest BCUT2D eigenvalue weighted by atomic mass is 10.1. The van der Waals surface area contributed by atoms with Crippen LogP contribution in [0.1, 0.15) is 23.2 Å². The van der Waals surface area contributed by atoms with Gasteiger partial charge in [-0.2, -0.15) is 0 Å². The van der Waals surface area contributed by atoms with Crippen molar-refractivity contribution in [2.45, 2.75) is 25.4 Å². The van der Waals surface area contributed by atoms with Gasteiger partial charge in [0.2, 0.25) is 0 Å². The Hall–Kier alpha value is -2.64. The fourth-order valence-corrected chi connectivity index (χ4v) is 2.40. The number of rotatable bonds is 8. The molecule has 2 rings (SSSR count). The molecule has 0 spiro atoms. The molecule has 1 atom stereocenters. The van der Waals surface area contributed by atoms with E-state index in [0.717, 1.165) is 11.3 Å². The lowest BCUT2D eigenvalue weighted by Crippen LogP contribution is -2.41. The third kappa shape index (κ3) is 6.06. The standard InChI is InChI=1S/C17H20F2N2O4/c18-15(19)10-21(9-14-3-1-2-8-24-14)17(23)12-4-6-13(7-5-12)25-11-16(20)22/h2,4-8,14-15H,1,3,9-11H2,(H2,20,22). The molecule has 25 heavy (non-hydrogen) atoms. The maximum absolute atomic E-state index is 12.8. The molecule has 0 saturated heterocycles. The highest BCUT2D eigenvalue weighted by Crippen LogP contribution is 2.17. The zero-order valence-electron chi connectivity index (χ0n) is 13.6. The number of halogens is 2. The summed E-state index contributed by atoms with van der Waals surface area (Å²) in [6.45, 7) is -0.854. The van der Waals surface area contributed by atoms with Crippen molar-refractivity contribution < 1.29 is 27.8 Å². The van der Waals surface area contributed by atoms with E-state index in [1.807, 2.05) is 6.08 Å². The SMILES string of the molecule is NC(=O)COc1ccc(C(=O)N(CC(F)F)CC2CCC=CO2)cc1. The van der Waals surface area contributed by atoms with Gasteiger partial charge in [-0.1, -0.05) is 0 Å². The molecule has 1 aromatic carbocycles. The van der Waals surface area contributed by atoms with Crippen LogP contribution >= 0.6 is 0 Å². The van der Waals surface area contributed by atoms with E-state index >= 15 is 0 Å². The minimum atomic E-state index is -2.64. The van der Waals surface area contributed by atoms with Crippen molar-refractivity contribution in [1.29, 1.82) is 0 Å². The summed E-state index contributed by atoms with van der Waals surface area (Å²) >= 11 is 0. The van der Waals surface area contributed by atoms with Crippen molar-refractivity contribution in [2.24, 2.45) is 5.73 Å². The molecule has 136 valence electrons. The third-order valence-corrected chi connectivity index (χ3v) is 3.57. The predicted octanol–water partition coefficient (Wildman–Crippen LogP) is 1.95. The summed E-state index contributed by atoms with van der Waals surface area (Å²) in [7, 11) is 0. The fraction of sp³-hybridized carbons (Fsp3) is 0.412. The molecule has 0 bridgehead atoms. The summed E-state index contributed by atoms with van der Waals surface area (Å²) in [4.78, 5) is 24.3. The Morgan fingerprint density at radius 3 is 2.60 bits per heavy atom. The average molecular weight is 354 g/mol. The van der Waals surface area contributed by atoms with E-state index in [9.17, 15) is 18.4 Å². The highest BCUT2D eigenvalue weighted by Gasteiger charge is 2.24. The Morgan fingerprint density at radius 2 is 2.04 bits per heavy atom. The zero-order chi connectivity index (χ0) is 18.2. The van der Waals surface area contributed by atoms with Crippen LogP contribution in [-0.2, 0) is 9.53 Å². The number of benzene rings is 1. The van der Waals surface area contributed by atoms with Crippen LogP contribution in [0.25, 0.3) is 0 Å². The second-order valence-electron chi connectivity index (χ2n) is 5.59. The number of alkyl halides is 2. The average Bonchev–Trinajstić information content (AvgIpc) is 2.60. The minimum Gasteiger partial charge on any atom is -0.497 e. The number of ether oxygens (including phenoxy) is 2. The summed E-state index contributed by atoms with van der Waals surface area (Å²) in [5, 5.41) is 0. The summed E-state index contributed by atoms with van der Waals surface area (Å²) in [6.07, 6.45) is 1.90. The number of carbonyl (C=O) groups is 2. The lowest BCUT2D eigenvalue weighted by molar-refractivity contribution is -0.119. The predicted molar refractivity (Wildman–Crippen MR) is 86.3 cm³/mol. The summed E-state index contributed by atoms with van der Waals surface area (Å²) in [5.74, 6) is -0.777. The maximum Gasteiger partial charge on any atom is 0.255 e. The topological polar surface area (TPSA) is 81.9 Å². The van der Waals surface area contributed by atoms with E-state index in [4.69, 9.17) is 15.2 Å². The number of primary amides is 1. The second-order valence-corrected chi connectivity index (χ2v) is 5.59. The van der Waals surface area contributed by atoms with Crippen LogP contribution < -0.4 is 10.5 Å². The van der Waals surface area contributed by atoms with Gasteiger partial charge in [-0.05, 0) is 43.2 Å². The van der Waals surface area contributed by atoms with Gasteiger partial charge in [0, 0.05) is 5.56 Å². The molecule has 1 aliphatic heterocycles. The Labute approximate surface area is 144 Å². The summed E-state index contributed by atoms with van der Waals surface area (Å²) in [6, 6.07) is 5.88. The number of hydrogen-bond donors (Lipinski definition) is 1. The van der Waals surface area contributed by atoms with E-state index < -0.39 is 24.8 Å². The van der Waals surface area contributed by atoms with Gasteiger partial charge in [-0.25, -0.2) is 8.78 Å². The largest absolute Gasteiger partial charge is 0.497 e. The monoisotopic (exact) mass is 354 g/mol. The van der Waals surface area contributed by atoms with E-state index in [1.165, 1.54) is 30.5 Å². The lowest BCUT2D eigenvalue weighted by Gasteiger charge is -2.28. The third-order valence-electron chi connectivity index (χ3n) is 3.57. The molecular formula is C17H20F2N2O4. The van der Waals surface area contributed by atoms with Crippen molar-refractivity contribution in [1.82, 2.24) is 4.90 Å². The Morgan fingerprint density at radius 1 is 1.32 bits per heavy atom. The molecule has 6 nitrogen and oxygen atoms in total. The number of allylic oxidation sites excluding steroid dienone is 1. The van der Waals surface area contributed by atoms with E-state index in [2.05, 4.69) is 0 Å². The second kappa shape index (κ2) is 9.00. The van der Waals surface area contributed by atoms with Crippen molar-refractivity contribution in [3.05, 3.63) is 42.2 Å². The van der Waals surface area contributed by atoms with Crippen LogP contribution in [0, 0.1) is 0 Å². The smallest absolute Gasteiger partial charge is 0.255 e. The molecular weight excluding hydrogens is 334 g/mol. The van der Waals surface area contributed by atoms with Crippen molar-refractivity contribution >= 4 is 11.8 Å². The number of nitrogens with zero attached hydrogens (tertiary/aromatic N) is 1. The first-order valence-corrected chi connectivity index (χ1v) is 7.84. The molecule has 0 aromatic heterocycles. The van der Waals surface area contributed by atoms with Crippen LogP contribution in [-0.4, -0.2) is 48.9 Å². The Balaban J connectivity index is 2.03. The van der Waals surface area contributed by atoms with Gasteiger partial charge in [0.1, 0.15) is 11.9 Å². The molecule has 1 aromatic rings. The van der Waals surface area contributed by atoms with Crippen LogP contribution in [0.15, 0.2) is 36.6 Å². The molecule has 8 heteroatoms. The molecule has 2 amide bonds. The maximum atomic E-state index is 12.8. The number of carbonyl (C=O) groups excluding carboxylic acids is 2. The normalized spacial score (nSPS) is 16.4. The van der Waals surface area contributed by atoms with Crippen LogP contribution in [0.4, 0.5) is 8.78 Å². The van der Waals surface area contributed by atoms with Gasteiger partial charge >= 0.3 is 0 Å². The first-order chi connectivity index (χ1) is 12.0. The van der Waals surface area contributed by atoms with Crippen molar-refractivity contribution in [2.75, 3.05) is 19.7 Å². The number of hydrogen-bond acceptors (Lipinski definition) is 4. The molecule has 0 aliphatic carbocycles. The van der Waals surface area contributed by atoms with Crippen molar-refractivity contribution in [3.8, 4) is 5.75 Å². The van der Waals surface area contributed by atoms with Gasteiger partial charge in [0.15, 0.2) is 6.61 Å². The number of nitrogens with two attached hydrogens (primary N) is 1. The summed E-state index contributed by atoms with van der Waals surface area (Å²) < 4.78 is 36.2. The summed E-state index contributed by atoms with van der Waals surface area (Å²) in [5.41, 5.74) is 5.23. The van der Waals surface area contributed by atoms with Gasteiger partial charge in [-0.3, -0.25) is 9.59 Å². The van der Waals surface area contributed by atoms with Gasteiger partial charge in [0.25, 0.3) is 18.2 Å². The van der Waals surface area contributed by atoms with Gasteiger partial charge in [0.05, 0.1) is 19.4 Å². The molecule has 1 heterocycles. The van der Waals surface area contributed by atoms with E-state index in [-0.39, 0.29) is 24.8 Å². The molecule has 0 saturated carbocycles. The minimum absolute atomic E-state index is 0.0907. The van der Waals surface area contributed by atoms with E-state index in [1.54, 1.807) is 0 Å². The molecule has 0 fully saturated rings. The van der Waals surface area contributed by atoms with Crippen LogP contribution in [0.3, 0.4) is 0 Å². The van der Waals surface area contributed by atoms with Gasteiger partial charge in [-0.15, -0.1) is 0 Å². The molecule has 1 aliphatic rings. The van der Waals surface area contributed by atoms with E-state index in [0.29, 0.717) is 12.2 Å². The molecule has 0 radical (unpaired) electrons. The molecule has 2 N–H and O–H groups in total. The van der Waals surface area contributed by atoms with Crippen molar-refractivity contribution in [3.63, 3.8) is 0 Å². The Kier molecular flexibility index (Phi) is 6.73. The highest BCUT2D eigenvalue weighted by atomic mass is 19.3.